The van der Waals surface area contributed by atoms with Gasteiger partial charge in [0, 0.05) is 17.1 Å². The highest BCUT2D eigenvalue weighted by atomic mass is 32.2. The summed E-state index contributed by atoms with van der Waals surface area (Å²) in [5.74, 6) is 0.831. The number of thioether (sulfide) groups is 1. The van der Waals surface area contributed by atoms with Crippen LogP contribution < -0.4 is 5.32 Å². The minimum absolute atomic E-state index is 0.0577. The van der Waals surface area contributed by atoms with Gasteiger partial charge >= 0.3 is 0 Å². The second-order valence-electron chi connectivity index (χ2n) is 6.04. The van der Waals surface area contributed by atoms with E-state index in [0.717, 1.165) is 31.4 Å². The molecular formula is C17H25NO2S. The Morgan fingerprint density at radius 3 is 2.62 bits per heavy atom. The average Bonchev–Trinajstić information content (AvgIpc) is 2.92. The summed E-state index contributed by atoms with van der Waals surface area (Å²) < 4.78 is 0. The van der Waals surface area contributed by atoms with Crippen LogP contribution >= 0.6 is 11.8 Å². The molecule has 1 fully saturated rings. The number of carbonyl (C=O) groups excluding carboxylic acids is 1. The van der Waals surface area contributed by atoms with E-state index in [1.165, 1.54) is 16.0 Å². The molecule has 21 heavy (non-hydrogen) atoms. The van der Waals surface area contributed by atoms with Gasteiger partial charge in [0.15, 0.2) is 0 Å². The van der Waals surface area contributed by atoms with Crippen molar-refractivity contribution in [2.24, 2.45) is 0 Å². The fourth-order valence-corrected chi connectivity index (χ4v) is 3.75. The fraction of sp³-hybridized carbons (Fsp3) is 0.588. The van der Waals surface area contributed by atoms with E-state index < -0.39 is 0 Å². The highest BCUT2D eigenvalue weighted by molar-refractivity contribution is 7.99. The molecule has 2 rings (SSSR count). The van der Waals surface area contributed by atoms with E-state index in [2.05, 4.69) is 37.4 Å². The van der Waals surface area contributed by atoms with Crippen LogP contribution in [0, 0.1) is 13.8 Å². The van der Waals surface area contributed by atoms with Gasteiger partial charge in [0.1, 0.15) is 0 Å². The van der Waals surface area contributed by atoms with Crippen molar-refractivity contribution in [2.75, 3.05) is 12.4 Å². The topological polar surface area (TPSA) is 49.3 Å². The van der Waals surface area contributed by atoms with Gasteiger partial charge in [-0.15, -0.1) is 11.8 Å². The SMILES string of the molecule is Cc1ccc(SCCC(=O)NC2(CO)CCCC2)cc1C. The number of hydrogen-bond donors (Lipinski definition) is 2. The molecule has 0 aromatic heterocycles. The first-order valence-corrected chi connectivity index (χ1v) is 8.65. The molecule has 1 aliphatic rings. The number of nitrogens with one attached hydrogen (secondary N) is 1. The number of amides is 1. The summed E-state index contributed by atoms with van der Waals surface area (Å²) in [4.78, 5) is 13.3. The Labute approximate surface area is 131 Å². The normalized spacial score (nSPS) is 16.9. The second-order valence-corrected chi connectivity index (χ2v) is 7.21. The first kappa shape index (κ1) is 16.4. The van der Waals surface area contributed by atoms with Gasteiger partial charge in [-0.2, -0.15) is 0 Å². The summed E-state index contributed by atoms with van der Waals surface area (Å²) in [6.45, 7) is 4.27. The molecule has 3 nitrogen and oxygen atoms in total. The second kappa shape index (κ2) is 7.32. The molecule has 1 amide bonds. The van der Waals surface area contributed by atoms with Gasteiger partial charge in [0.25, 0.3) is 0 Å². The maximum absolute atomic E-state index is 12.0. The summed E-state index contributed by atoms with van der Waals surface area (Å²) in [6.07, 6.45) is 4.49. The van der Waals surface area contributed by atoms with Crippen LogP contribution in [0.1, 0.15) is 43.2 Å². The summed E-state index contributed by atoms with van der Waals surface area (Å²) in [7, 11) is 0. The fourth-order valence-electron chi connectivity index (χ4n) is 2.80. The molecule has 0 bridgehead atoms. The highest BCUT2D eigenvalue weighted by Gasteiger charge is 2.34. The number of benzene rings is 1. The third-order valence-electron chi connectivity index (χ3n) is 4.34. The molecule has 0 spiro atoms. The van der Waals surface area contributed by atoms with Crippen LogP contribution in [0.3, 0.4) is 0 Å². The van der Waals surface area contributed by atoms with Crippen LogP contribution in [0.2, 0.25) is 0 Å². The van der Waals surface area contributed by atoms with Crippen LogP contribution in [-0.4, -0.2) is 28.9 Å². The first-order chi connectivity index (χ1) is 10.0. The lowest BCUT2D eigenvalue weighted by atomic mass is 9.99. The molecule has 0 saturated heterocycles. The molecule has 116 valence electrons. The molecule has 0 aliphatic heterocycles. The van der Waals surface area contributed by atoms with Crippen molar-refractivity contribution in [3.63, 3.8) is 0 Å². The summed E-state index contributed by atoms with van der Waals surface area (Å²) in [5, 5.41) is 12.6. The predicted molar refractivity (Wildman–Crippen MR) is 87.7 cm³/mol. The van der Waals surface area contributed by atoms with E-state index in [0.29, 0.717) is 6.42 Å². The molecule has 1 aromatic carbocycles. The van der Waals surface area contributed by atoms with Crippen LogP contribution in [-0.2, 0) is 4.79 Å². The standard InChI is InChI=1S/C17H25NO2S/c1-13-5-6-15(11-14(13)2)21-10-7-16(20)18-17(12-19)8-3-4-9-17/h5-6,11,19H,3-4,7-10,12H2,1-2H3,(H,18,20). The molecule has 0 radical (unpaired) electrons. The number of aliphatic hydroxyl groups is 1. The lowest BCUT2D eigenvalue weighted by Crippen LogP contribution is -2.49. The molecule has 1 aromatic rings. The van der Waals surface area contributed by atoms with Gasteiger partial charge in [-0.3, -0.25) is 4.79 Å². The molecule has 0 heterocycles. The van der Waals surface area contributed by atoms with E-state index in [1.807, 2.05) is 0 Å². The van der Waals surface area contributed by atoms with Crippen LogP contribution in [0.15, 0.2) is 23.1 Å². The Balaban J connectivity index is 1.77. The van der Waals surface area contributed by atoms with Crippen molar-refractivity contribution in [3.05, 3.63) is 29.3 Å². The molecule has 1 aliphatic carbocycles. The maximum atomic E-state index is 12.0. The summed E-state index contributed by atoms with van der Waals surface area (Å²) >= 11 is 1.71. The zero-order valence-electron chi connectivity index (χ0n) is 12.9. The lowest BCUT2D eigenvalue weighted by molar-refractivity contribution is -0.123. The third kappa shape index (κ3) is 4.48. The third-order valence-corrected chi connectivity index (χ3v) is 5.34. The van der Waals surface area contributed by atoms with Crippen molar-refractivity contribution in [1.82, 2.24) is 5.32 Å². The van der Waals surface area contributed by atoms with Crippen LogP contribution in [0.4, 0.5) is 0 Å². The largest absolute Gasteiger partial charge is 0.394 e. The molecular weight excluding hydrogens is 282 g/mol. The van der Waals surface area contributed by atoms with E-state index in [-0.39, 0.29) is 18.1 Å². The predicted octanol–water partition coefficient (Wildman–Crippen LogP) is 3.21. The van der Waals surface area contributed by atoms with Crippen molar-refractivity contribution in [1.29, 1.82) is 0 Å². The highest BCUT2D eigenvalue weighted by Crippen LogP contribution is 2.29. The minimum Gasteiger partial charge on any atom is -0.394 e. The average molecular weight is 307 g/mol. The molecule has 0 atom stereocenters. The Morgan fingerprint density at radius 1 is 1.29 bits per heavy atom. The summed E-state index contributed by atoms with van der Waals surface area (Å²) in [6, 6.07) is 6.40. The van der Waals surface area contributed by atoms with E-state index in [4.69, 9.17) is 0 Å². The zero-order chi connectivity index (χ0) is 15.3. The molecule has 2 N–H and O–H groups in total. The Bertz CT molecular complexity index is 496. The Kier molecular flexibility index (Phi) is 5.71. The van der Waals surface area contributed by atoms with Gasteiger partial charge in [-0.05, 0) is 49.9 Å². The first-order valence-electron chi connectivity index (χ1n) is 7.67. The van der Waals surface area contributed by atoms with E-state index in [1.54, 1.807) is 11.8 Å². The molecule has 1 saturated carbocycles. The number of rotatable bonds is 6. The number of hydrogen-bond acceptors (Lipinski definition) is 3. The smallest absolute Gasteiger partial charge is 0.221 e. The van der Waals surface area contributed by atoms with Crippen molar-refractivity contribution in [3.8, 4) is 0 Å². The van der Waals surface area contributed by atoms with Crippen LogP contribution in [0.5, 0.6) is 0 Å². The Morgan fingerprint density at radius 2 is 2.00 bits per heavy atom. The quantitative estimate of drug-likeness (QED) is 0.794. The lowest BCUT2D eigenvalue weighted by Gasteiger charge is -2.27. The summed E-state index contributed by atoms with van der Waals surface area (Å²) in [5.41, 5.74) is 2.24. The van der Waals surface area contributed by atoms with Crippen molar-refractivity contribution >= 4 is 17.7 Å². The van der Waals surface area contributed by atoms with Gasteiger partial charge in [-0.1, -0.05) is 18.9 Å². The van der Waals surface area contributed by atoms with Crippen molar-refractivity contribution < 1.29 is 9.90 Å². The van der Waals surface area contributed by atoms with Gasteiger partial charge in [0.2, 0.25) is 5.91 Å². The van der Waals surface area contributed by atoms with Crippen LogP contribution in [0.25, 0.3) is 0 Å². The van der Waals surface area contributed by atoms with E-state index >= 15 is 0 Å². The molecule has 4 heteroatoms. The van der Waals surface area contributed by atoms with Gasteiger partial charge < -0.3 is 10.4 Å². The Hall–Kier alpha value is -1.00. The maximum Gasteiger partial charge on any atom is 0.221 e. The monoisotopic (exact) mass is 307 g/mol. The number of aliphatic hydroxyl groups excluding tert-OH is 1. The molecule has 0 unspecified atom stereocenters. The zero-order valence-corrected chi connectivity index (χ0v) is 13.8. The van der Waals surface area contributed by atoms with Gasteiger partial charge in [-0.25, -0.2) is 0 Å². The minimum atomic E-state index is -0.345. The number of carbonyl (C=O) groups is 1. The van der Waals surface area contributed by atoms with E-state index in [9.17, 15) is 9.90 Å². The number of aryl methyl sites for hydroxylation is 2. The van der Waals surface area contributed by atoms with Gasteiger partial charge in [0.05, 0.1) is 12.1 Å². The van der Waals surface area contributed by atoms with Crippen molar-refractivity contribution in [2.45, 2.75) is 56.4 Å².